The molecule has 108 valence electrons. The molecule has 1 aromatic heterocycles. The third-order valence-corrected chi connectivity index (χ3v) is 4.19. The summed E-state index contributed by atoms with van der Waals surface area (Å²) in [5, 5.41) is 12.2. The lowest BCUT2D eigenvalue weighted by Gasteiger charge is -2.15. The number of pyridine rings is 1. The first-order valence-corrected chi connectivity index (χ1v) is 7.35. The lowest BCUT2D eigenvalue weighted by Crippen LogP contribution is -2.27. The lowest BCUT2D eigenvalue weighted by molar-refractivity contribution is 0.0696. The van der Waals surface area contributed by atoms with Crippen LogP contribution in [-0.4, -0.2) is 46.6 Å². The van der Waals surface area contributed by atoms with Crippen molar-refractivity contribution in [2.45, 2.75) is 31.8 Å². The minimum atomic E-state index is -0.928. The Hall–Kier alpha value is -1.46. The molecule has 0 amide bonds. The third-order valence-electron chi connectivity index (χ3n) is 4.19. The van der Waals surface area contributed by atoms with Gasteiger partial charge in [-0.2, -0.15) is 0 Å². The van der Waals surface area contributed by atoms with Crippen LogP contribution in [0.25, 0.3) is 0 Å². The standard InChI is InChI=1S/C15H21N3O2/c19-15(20)12-1-2-13(17-8-12)9-16-7-11-5-6-18(10-11)14-3-4-14/h1-2,8,11,14,16H,3-7,9-10H2,(H,19,20). The predicted molar refractivity (Wildman–Crippen MR) is 75.6 cm³/mol. The SMILES string of the molecule is O=C(O)c1ccc(CNCC2CCN(C3CC3)C2)nc1. The lowest BCUT2D eigenvalue weighted by atomic mass is 10.1. The van der Waals surface area contributed by atoms with Gasteiger partial charge in [-0.05, 0) is 50.4 Å². The molecule has 0 aromatic carbocycles. The quantitative estimate of drug-likeness (QED) is 0.820. The molecule has 5 nitrogen and oxygen atoms in total. The van der Waals surface area contributed by atoms with E-state index < -0.39 is 5.97 Å². The highest BCUT2D eigenvalue weighted by atomic mass is 16.4. The fourth-order valence-corrected chi connectivity index (χ4v) is 2.86. The molecule has 1 aromatic rings. The van der Waals surface area contributed by atoms with Crippen molar-refractivity contribution in [3.05, 3.63) is 29.6 Å². The van der Waals surface area contributed by atoms with Gasteiger partial charge < -0.3 is 15.3 Å². The van der Waals surface area contributed by atoms with Gasteiger partial charge in [-0.1, -0.05) is 0 Å². The number of carboxylic acid groups (broad SMARTS) is 1. The molecule has 1 unspecified atom stereocenters. The van der Waals surface area contributed by atoms with Crippen LogP contribution in [0.4, 0.5) is 0 Å². The van der Waals surface area contributed by atoms with E-state index in [9.17, 15) is 4.79 Å². The van der Waals surface area contributed by atoms with Gasteiger partial charge in [0.05, 0.1) is 11.3 Å². The Balaban J connectivity index is 1.40. The van der Waals surface area contributed by atoms with Gasteiger partial charge in [-0.25, -0.2) is 4.79 Å². The third kappa shape index (κ3) is 3.35. The van der Waals surface area contributed by atoms with Crippen molar-refractivity contribution in [2.24, 2.45) is 5.92 Å². The molecular formula is C15H21N3O2. The summed E-state index contributed by atoms with van der Waals surface area (Å²) in [6, 6.07) is 4.27. The van der Waals surface area contributed by atoms with Gasteiger partial charge in [0.2, 0.25) is 0 Å². The van der Waals surface area contributed by atoms with Crippen molar-refractivity contribution >= 4 is 5.97 Å². The van der Waals surface area contributed by atoms with Gasteiger partial charge in [0, 0.05) is 25.3 Å². The van der Waals surface area contributed by atoms with Crippen LogP contribution in [0.3, 0.4) is 0 Å². The molecule has 0 spiro atoms. The second kappa shape index (κ2) is 5.89. The van der Waals surface area contributed by atoms with Gasteiger partial charge in [0.1, 0.15) is 0 Å². The number of likely N-dealkylation sites (tertiary alicyclic amines) is 1. The first-order valence-electron chi connectivity index (χ1n) is 7.35. The summed E-state index contributed by atoms with van der Waals surface area (Å²) in [5.74, 6) is -0.183. The molecule has 2 aliphatic rings. The maximum absolute atomic E-state index is 10.7. The Morgan fingerprint density at radius 1 is 1.40 bits per heavy atom. The number of carbonyl (C=O) groups is 1. The molecule has 20 heavy (non-hydrogen) atoms. The van der Waals surface area contributed by atoms with Crippen molar-refractivity contribution in [2.75, 3.05) is 19.6 Å². The minimum Gasteiger partial charge on any atom is -0.478 e. The maximum Gasteiger partial charge on any atom is 0.337 e. The Morgan fingerprint density at radius 3 is 2.90 bits per heavy atom. The number of carboxylic acids is 1. The van der Waals surface area contributed by atoms with Crippen LogP contribution >= 0.6 is 0 Å². The van der Waals surface area contributed by atoms with Crippen LogP contribution in [0.15, 0.2) is 18.3 Å². The number of rotatable bonds is 6. The Bertz CT molecular complexity index is 471. The average Bonchev–Trinajstić information content (AvgIpc) is 3.20. The van der Waals surface area contributed by atoms with Crippen molar-refractivity contribution in [1.82, 2.24) is 15.2 Å². The summed E-state index contributed by atoms with van der Waals surface area (Å²) in [7, 11) is 0. The Labute approximate surface area is 119 Å². The van der Waals surface area contributed by atoms with E-state index in [1.54, 1.807) is 12.1 Å². The van der Waals surface area contributed by atoms with E-state index in [0.29, 0.717) is 6.54 Å². The molecule has 3 rings (SSSR count). The topological polar surface area (TPSA) is 65.5 Å². The van der Waals surface area contributed by atoms with Crippen molar-refractivity contribution in [3.63, 3.8) is 0 Å². The van der Waals surface area contributed by atoms with Gasteiger partial charge in [0.15, 0.2) is 0 Å². The molecule has 0 bridgehead atoms. The zero-order chi connectivity index (χ0) is 13.9. The molecular weight excluding hydrogens is 254 g/mol. The number of nitrogens with zero attached hydrogens (tertiary/aromatic N) is 2. The molecule has 2 fully saturated rings. The number of hydrogen-bond donors (Lipinski definition) is 2. The molecule has 1 saturated carbocycles. The zero-order valence-electron chi connectivity index (χ0n) is 11.6. The van der Waals surface area contributed by atoms with E-state index in [1.807, 2.05) is 0 Å². The second-order valence-electron chi connectivity index (χ2n) is 5.86. The van der Waals surface area contributed by atoms with Crippen LogP contribution in [0, 0.1) is 5.92 Å². The fourth-order valence-electron chi connectivity index (χ4n) is 2.86. The second-order valence-corrected chi connectivity index (χ2v) is 5.86. The molecule has 0 radical (unpaired) electrons. The summed E-state index contributed by atoms with van der Waals surface area (Å²) in [6.45, 7) is 4.21. The van der Waals surface area contributed by atoms with E-state index in [1.165, 1.54) is 38.5 Å². The van der Waals surface area contributed by atoms with E-state index in [-0.39, 0.29) is 5.56 Å². The van der Waals surface area contributed by atoms with E-state index in [0.717, 1.165) is 24.2 Å². The van der Waals surface area contributed by atoms with Crippen molar-refractivity contribution < 1.29 is 9.90 Å². The minimum absolute atomic E-state index is 0.240. The first kappa shape index (κ1) is 13.5. The highest BCUT2D eigenvalue weighted by Gasteiger charge is 2.33. The van der Waals surface area contributed by atoms with E-state index in [2.05, 4.69) is 15.2 Å². The molecule has 2 N–H and O–H groups in total. The molecule has 1 aliphatic heterocycles. The first-order chi connectivity index (χ1) is 9.72. The zero-order valence-corrected chi connectivity index (χ0v) is 11.6. The van der Waals surface area contributed by atoms with Crippen molar-refractivity contribution in [1.29, 1.82) is 0 Å². The highest BCUT2D eigenvalue weighted by molar-refractivity contribution is 5.87. The number of hydrogen-bond acceptors (Lipinski definition) is 4. The highest BCUT2D eigenvalue weighted by Crippen LogP contribution is 2.31. The summed E-state index contributed by atoms with van der Waals surface area (Å²) in [4.78, 5) is 17.5. The summed E-state index contributed by atoms with van der Waals surface area (Å²) < 4.78 is 0. The van der Waals surface area contributed by atoms with Crippen LogP contribution < -0.4 is 5.32 Å². The Morgan fingerprint density at radius 2 is 2.25 bits per heavy atom. The van der Waals surface area contributed by atoms with Crippen molar-refractivity contribution in [3.8, 4) is 0 Å². The van der Waals surface area contributed by atoms with E-state index in [4.69, 9.17) is 5.11 Å². The molecule has 5 heteroatoms. The van der Waals surface area contributed by atoms with Gasteiger partial charge in [-0.3, -0.25) is 4.98 Å². The maximum atomic E-state index is 10.7. The average molecular weight is 275 g/mol. The summed E-state index contributed by atoms with van der Waals surface area (Å²) in [6.07, 6.45) is 5.48. The van der Waals surface area contributed by atoms with E-state index >= 15 is 0 Å². The smallest absolute Gasteiger partial charge is 0.337 e. The number of aromatic nitrogens is 1. The summed E-state index contributed by atoms with van der Waals surface area (Å²) >= 11 is 0. The summed E-state index contributed by atoms with van der Waals surface area (Å²) in [5.41, 5.74) is 1.14. The molecule has 2 heterocycles. The monoisotopic (exact) mass is 275 g/mol. The van der Waals surface area contributed by atoms with Crippen LogP contribution in [0.2, 0.25) is 0 Å². The Kier molecular flexibility index (Phi) is 3.98. The van der Waals surface area contributed by atoms with Crippen LogP contribution in [-0.2, 0) is 6.54 Å². The normalized spacial score (nSPS) is 23.1. The van der Waals surface area contributed by atoms with Crippen LogP contribution in [0.1, 0.15) is 35.3 Å². The predicted octanol–water partition coefficient (Wildman–Crippen LogP) is 1.35. The van der Waals surface area contributed by atoms with Gasteiger partial charge in [0.25, 0.3) is 0 Å². The van der Waals surface area contributed by atoms with Gasteiger partial charge in [-0.15, -0.1) is 0 Å². The molecule has 1 aliphatic carbocycles. The van der Waals surface area contributed by atoms with Gasteiger partial charge >= 0.3 is 5.97 Å². The number of aromatic carboxylic acids is 1. The molecule has 1 saturated heterocycles. The number of nitrogens with one attached hydrogen (secondary N) is 1. The van der Waals surface area contributed by atoms with Crippen LogP contribution in [0.5, 0.6) is 0 Å². The molecule has 1 atom stereocenters. The largest absolute Gasteiger partial charge is 0.478 e. The fraction of sp³-hybridized carbons (Fsp3) is 0.600.